The number of fused-ring (bicyclic) bond motifs is 2. The van der Waals surface area contributed by atoms with Crippen LogP contribution in [0.25, 0.3) is 10.9 Å². The molecule has 9 heteroatoms. The summed E-state index contributed by atoms with van der Waals surface area (Å²) in [6.45, 7) is 2.20. The van der Waals surface area contributed by atoms with E-state index in [1.165, 1.54) is 6.07 Å². The maximum Gasteiger partial charge on any atom is 0.241 e. The van der Waals surface area contributed by atoms with Gasteiger partial charge in [-0.15, -0.1) is 0 Å². The van der Waals surface area contributed by atoms with E-state index in [-0.39, 0.29) is 24.7 Å². The van der Waals surface area contributed by atoms with Gasteiger partial charge in [0.2, 0.25) is 22.7 Å². The second-order valence-electron chi connectivity index (χ2n) is 8.46. The van der Waals surface area contributed by atoms with Gasteiger partial charge in [0.15, 0.2) is 11.5 Å². The van der Waals surface area contributed by atoms with Crippen LogP contribution in [0.4, 0.5) is 0 Å². The van der Waals surface area contributed by atoms with E-state index < -0.39 is 22.0 Å². The Morgan fingerprint density at radius 2 is 1.86 bits per heavy atom. The van der Waals surface area contributed by atoms with Crippen molar-refractivity contribution >= 4 is 26.8 Å². The van der Waals surface area contributed by atoms with Gasteiger partial charge in [0, 0.05) is 23.6 Å². The maximum absolute atomic E-state index is 13.3. The summed E-state index contributed by atoms with van der Waals surface area (Å²) in [5.74, 6) is 0.847. The number of benzene rings is 3. The molecule has 0 aliphatic carbocycles. The van der Waals surface area contributed by atoms with E-state index >= 15 is 0 Å². The first-order valence-electron chi connectivity index (χ1n) is 11.2. The lowest BCUT2D eigenvalue weighted by molar-refractivity contribution is -0.122. The van der Waals surface area contributed by atoms with Crippen LogP contribution >= 0.6 is 0 Å². The highest BCUT2D eigenvalue weighted by Gasteiger charge is 2.27. The van der Waals surface area contributed by atoms with Crippen molar-refractivity contribution < 1.29 is 22.7 Å². The normalized spacial score (nSPS) is 13.6. The van der Waals surface area contributed by atoms with Crippen molar-refractivity contribution in [3.63, 3.8) is 0 Å². The third-order valence-electron chi connectivity index (χ3n) is 5.92. The zero-order valence-electron chi connectivity index (χ0n) is 19.1. The molecule has 5 rings (SSSR count). The zero-order valence-corrected chi connectivity index (χ0v) is 19.9. The monoisotopic (exact) mass is 491 g/mol. The fraction of sp³-hybridized carbons (Fsp3) is 0.192. The fourth-order valence-corrected chi connectivity index (χ4v) is 5.41. The van der Waals surface area contributed by atoms with Crippen LogP contribution < -0.4 is 19.5 Å². The maximum atomic E-state index is 13.3. The van der Waals surface area contributed by atoms with Gasteiger partial charge in [-0.25, -0.2) is 8.42 Å². The predicted octanol–water partition coefficient (Wildman–Crippen LogP) is 3.41. The van der Waals surface area contributed by atoms with Crippen LogP contribution in [0.3, 0.4) is 0 Å². The molecule has 0 radical (unpaired) electrons. The molecule has 1 aliphatic heterocycles. The Morgan fingerprint density at radius 3 is 2.71 bits per heavy atom. The largest absolute Gasteiger partial charge is 0.454 e. The molecule has 4 aromatic rings. The van der Waals surface area contributed by atoms with Gasteiger partial charge < -0.3 is 19.8 Å². The SMILES string of the molecule is Cc1cccc(S(=O)(=O)NC(Cc2c[nH]c3ccccc23)C(=O)NCc2ccc3c(c2)OCO3)c1. The number of nitrogens with one attached hydrogen (secondary N) is 3. The Kier molecular flexibility index (Phi) is 6.19. The number of aromatic amines is 1. The van der Waals surface area contributed by atoms with Crippen LogP contribution in [0.2, 0.25) is 0 Å². The summed E-state index contributed by atoms with van der Waals surface area (Å²) in [6.07, 6.45) is 1.99. The van der Waals surface area contributed by atoms with E-state index in [2.05, 4.69) is 15.0 Å². The smallest absolute Gasteiger partial charge is 0.241 e. The Labute approximate surface area is 203 Å². The molecule has 0 spiro atoms. The minimum Gasteiger partial charge on any atom is -0.454 e. The number of rotatable bonds is 8. The lowest BCUT2D eigenvalue weighted by Gasteiger charge is -2.19. The number of para-hydroxylation sites is 1. The van der Waals surface area contributed by atoms with Crippen molar-refractivity contribution in [2.45, 2.75) is 30.8 Å². The molecular weight excluding hydrogens is 466 g/mol. The molecule has 35 heavy (non-hydrogen) atoms. The molecule has 1 aromatic heterocycles. The number of aryl methyl sites for hydroxylation is 1. The number of aromatic nitrogens is 1. The number of amides is 1. The van der Waals surface area contributed by atoms with Crippen molar-refractivity contribution in [1.82, 2.24) is 15.0 Å². The summed E-state index contributed by atoms with van der Waals surface area (Å²) < 4.78 is 39.7. The molecule has 0 bridgehead atoms. The number of carbonyl (C=O) groups is 1. The number of ether oxygens (including phenoxy) is 2. The molecule has 1 amide bonds. The topological polar surface area (TPSA) is 110 Å². The van der Waals surface area contributed by atoms with Gasteiger partial charge in [0.1, 0.15) is 6.04 Å². The molecule has 0 saturated carbocycles. The molecule has 0 saturated heterocycles. The van der Waals surface area contributed by atoms with Crippen LogP contribution in [0.5, 0.6) is 11.5 Å². The van der Waals surface area contributed by atoms with Gasteiger partial charge in [-0.2, -0.15) is 4.72 Å². The number of hydrogen-bond donors (Lipinski definition) is 3. The highest BCUT2D eigenvalue weighted by Crippen LogP contribution is 2.32. The molecule has 180 valence electrons. The van der Waals surface area contributed by atoms with Gasteiger partial charge in [0.05, 0.1) is 4.90 Å². The molecular formula is C26H25N3O5S. The van der Waals surface area contributed by atoms with E-state index in [0.717, 1.165) is 27.6 Å². The summed E-state index contributed by atoms with van der Waals surface area (Å²) in [5.41, 5.74) is 3.39. The summed E-state index contributed by atoms with van der Waals surface area (Å²) in [4.78, 5) is 16.6. The number of hydrogen-bond acceptors (Lipinski definition) is 5. The standard InChI is InChI=1S/C26H25N3O5S/c1-17-5-4-6-20(11-17)35(31,32)29-23(13-19-15-27-22-8-3-2-7-21(19)22)26(30)28-14-18-9-10-24-25(12-18)34-16-33-24/h2-12,15,23,27,29H,13-14,16H2,1H3,(H,28,30). The lowest BCUT2D eigenvalue weighted by atomic mass is 10.0. The first-order chi connectivity index (χ1) is 16.9. The predicted molar refractivity (Wildman–Crippen MR) is 132 cm³/mol. The Bertz CT molecular complexity index is 1500. The summed E-state index contributed by atoms with van der Waals surface area (Å²) in [7, 11) is -3.93. The Hall–Kier alpha value is -3.82. The van der Waals surface area contributed by atoms with Crippen molar-refractivity contribution in [2.24, 2.45) is 0 Å². The van der Waals surface area contributed by atoms with Gasteiger partial charge in [-0.1, -0.05) is 36.4 Å². The van der Waals surface area contributed by atoms with Crippen molar-refractivity contribution in [1.29, 1.82) is 0 Å². The van der Waals surface area contributed by atoms with E-state index in [0.29, 0.717) is 11.5 Å². The van der Waals surface area contributed by atoms with Gasteiger partial charge >= 0.3 is 0 Å². The Balaban J connectivity index is 1.39. The van der Waals surface area contributed by atoms with Crippen LogP contribution in [0.1, 0.15) is 16.7 Å². The summed E-state index contributed by atoms with van der Waals surface area (Å²) in [5, 5.41) is 3.80. The van der Waals surface area contributed by atoms with Gasteiger partial charge in [-0.3, -0.25) is 4.79 Å². The third-order valence-corrected chi connectivity index (χ3v) is 7.39. The average Bonchev–Trinajstić information content (AvgIpc) is 3.49. The second-order valence-corrected chi connectivity index (χ2v) is 10.2. The highest BCUT2D eigenvalue weighted by molar-refractivity contribution is 7.89. The molecule has 0 fully saturated rings. The zero-order chi connectivity index (χ0) is 24.4. The first kappa shape index (κ1) is 22.9. The molecule has 8 nitrogen and oxygen atoms in total. The first-order valence-corrected chi connectivity index (χ1v) is 12.7. The lowest BCUT2D eigenvalue weighted by Crippen LogP contribution is -2.47. The van der Waals surface area contributed by atoms with E-state index in [1.54, 1.807) is 24.3 Å². The number of H-pyrrole nitrogens is 1. The molecule has 1 atom stereocenters. The van der Waals surface area contributed by atoms with E-state index in [1.807, 2.05) is 49.5 Å². The number of carbonyl (C=O) groups excluding carboxylic acids is 1. The van der Waals surface area contributed by atoms with Gasteiger partial charge in [-0.05, 0) is 60.4 Å². The highest BCUT2D eigenvalue weighted by atomic mass is 32.2. The summed E-state index contributed by atoms with van der Waals surface area (Å²) >= 11 is 0. The van der Waals surface area contributed by atoms with Crippen LogP contribution in [-0.2, 0) is 27.8 Å². The summed E-state index contributed by atoms with van der Waals surface area (Å²) in [6, 6.07) is 18.7. The fourth-order valence-electron chi connectivity index (χ4n) is 4.11. The molecule has 3 aromatic carbocycles. The van der Waals surface area contributed by atoms with E-state index in [4.69, 9.17) is 9.47 Å². The minimum absolute atomic E-state index is 0.116. The van der Waals surface area contributed by atoms with Crippen LogP contribution in [0.15, 0.2) is 77.8 Å². The van der Waals surface area contributed by atoms with Gasteiger partial charge in [0.25, 0.3) is 0 Å². The van der Waals surface area contributed by atoms with E-state index in [9.17, 15) is 13.2 Å². The molecule has 1 aliphatic rings. The molecule has 2 heterocycles. The molecule has 1 unspecified atom stereocenters. The average molecular weight is 492 g/mol. The van der Waals surface area contributed by atoms with Crippen molar-refractivity contribution in [3.8, 4) is 11.5 Å². The molecule has 3 N–H and O–H groups in total. The minimum atomic E-state index is -3.93. The number of sulfonamides is 1. The van der Waals surface area contributed by atoms with Crippen LogP contribution in [-0.4, -0.2) is 32.1 Å². The Morgan fingerprint density at radius 1 is 1.03 bits per heavy atom. The van der Waals surface area contributed by atoms with Crippen molar-refractivity contribution in [3.05, 3.63) is 89.6 Å². The second kappa shape index (κ2) is 9.44. The van der Waals surface area contributed by atoms with Crippen LogP contribution in [0, 0.1) is 6.92 Å². The third kappa shape index (κ3) is 5.01. The van der Waals surface area contributed by atoms with Crippen molar-refractivity contribution in [2.75, 3.05) is 6.79 Å². The quantitative estimate of drug-likeness (QED) is 0.350.